The minimum atomic E-state index is -3.11. The first-order valence-corrected chi connectivity index (χ1v) is 14.5. The standard InChI is InChI=1S/C32H37ClF2N2O7/c1-32(2,3)44-30(41)20-10-13-22(14-11-20)36-29(40)25(9-7-5-6-8-16-38)37-19-27(42-4)24(18-28(37)39)23-17-21(33)12-15-26(23)43-31(34)35/h10-15,17-19,25,31,38H,5-9,16H2,1-4H3,(H,36,40). The zero-order valence-corrected chi connectivity index (χ0v) is 25.8. The lowest BCUT2D eigenvalue weighted by atomic mass is 10.0. The number of aromatic nitrogens is 1. The third kappa shape index (κ3) is 9.78. The van der Waals surface area contributed by atoms with Gasteiger partial charge in [-0.1, -0.05) is 30.9 Å². The number of nitrogens with zero attached hydrogens (tertiary/aromatic N) is 1. The summed E-state index contributed by atoms with van der Waals surface area (Å²) in [6.45, 7) is 2.23. The van der Waals surface area contributed by atoms with E-state index in [1.807, 2.05) is 0 Å². The summed E-state index contributed by atoms with van der Waals surface area (Å²) in [7, 11) is 1.35. The summed E-state index contributed by atoms with van der Waals surface area (Å²) in [5.74, 6) is -1.06. The number of pyridine rings is 1. The van der Waals surface area contributed by atoms with Crippen molar-refractivity contribution in [2.24, 2.45) is 0 Å². The highest BCUT2D eigenvalue weighted by atomic mass is 35.5. The van der Waals surface area contributed by atoms with E-state index in [9.17, 15) is 23.2 Å². The summed E-state index contributed by atoms with van der Waals surface area (Å²) in [5.41, 5.74) is -0.258. The van der Waals surface area contributed by atoms with Gasteiger partial charge in [0.25, 0.3) is 5.56 Å². The van der Waals surface area contributed by atoms with Crippen LogP contribution in [0.1, 0.15) is 69.3 Å². The molecule has 0 aliphatic carbocycles. The smallest absolute Gasteiger partial charge is 0.387 e. The highest BCUT2D eigenvalue weighted by Gasteiger charge is 2.25. The molecule has 1 atom stereocenters. The number of methoxy groups -OCH3 is 1. The average Bonchev–Trinajstić information content (AvgIpc) is 2.95. The average molecular weight is 635 g/mol. The fraction of sp³-hybridized carbons (Fsp3) is 0.406. The molecule has 238 valence electrons. The van der Waals surface area contributed by atoms with Crippen LogP contribution in [-0.2, 0) is 9.53 Å². The lowest BCUT2D eigenvalue weighted by Crippen LogP contribution is -2.33. The van der Waals surface area contributed by atoms with E-state index in [0.29, 0.717) is 24.1 Å². The Balaban J connectivity index is 1.96. The molecule has 0 spiro atoms. The van der Waals surface area contributed by atoms with E-state index >= 15 is 0 Å². The molecule has 1 amide bonds. The molecule has 0 aliphatic heterocycles. The van der Waals surface area contributed by atoms with Gasteiger partial charge in [0.05, 0.1) is 18.9 Å². The third-order valence-corrected chi connectivity index (χ3v) is 6.76. The maximum absolute atomic E-state index is 13.6. The Bertz CT molecular complexity index is 1490. The molecule has 1 aromatic heterocycles. The maximum Gasteiger partial charge on any atom is 0.387 e. The minimum Gasteiger partial charge on any atom is -0.495 e. The van der Waals surface area contributed by atoms with Crippen molar-refractivity contribution in [2.45, 2.75) is 71.1 Å². The number of nitrogens with one attached hydrogen (secondary N) is 1. The van der Waals surface area contributed by atoms with Gasteiger partial charge in [0.1, 0.15) is 23.1 Å². The van der Waals surface area contributed by atoms with Gasteiger partial charge in [0.2, 0.25) is 5.91 Å². The normalized spacial score (nSPS) is 12.1. The van der Waals surface area contributed by atoms with E-state index in [0.717, 1.165) is 12.8 Å². The van der Waals surface area contributed by atoms with Gasteiger partial charge in [-0.15, -0.1) is 0 Å². The molecule has 0 fully saturated rings. The molecule has 0 radical (unpaired) electrons. The molecule has 3 aromatic rings. The van der Waals surface area contributed by atoms with Gasteiger partial charge >= 0.3 is 12.6 Å². The molecular weight excluding hydrogens is 598 g/mol. The van der Waals surface area contributed by atoms with E-state index in [4.69, 9.17) is 26.2 Å². The van der Waals surface area contributed by atoms with Crippen LogP contribution in [0, 0.1) is 0 Å². The number of rotatable bonds is 14. The summed E-state index contributed by atoms with van der Waals surface area (Å²) in [6, 6.07) is 10.4. The highest BCUT2D eigenvalue weighted by Crippen LogP contribution is 2.38. The van der Waals surface area contributed by atoms with Gasteiger partial charge in [-0.2, -0.15) is 8.78 Å². The molecule has 0 bridgehead atoms. The molecular formula is C32H37ClF2N2O7. The van der Waals surface area contributed by atoms with Crippen LogP contribution in [0.15, 0.2) is 59.5 Å². The van der Waals surface area contributed by atoms with Crippen LogP contribution in [0.2, 0.25) is 5.02 Å². The zero-order chi connectivity index (χ0) is 32.4. The number of anilines is 1. The molecule has 0 aliphatic rings. The number of carbonyl (C=O) groups is 2. The van der Waals surface area contributed by atoms with Crippen LogP contribution in [0.25, 0.3) is 11.1 Å². The topological polar surface area (TPSA) is 116 Å². The lowest BCUT2D eigenvalue weighted by molar-refractivity contribution is -0.119. The van der Waals surface area contributed by atoms with Crippen LogP contribution in [-0.4, -0.2) is 47.5 Å². The number of halogens is 3. The second-order valence-electron chi connectivity index (χ2n) is 11.0. The number of amides is 1. The quantitative estimate of drug-likeness (QED) is 0.147. The van der Waals surface area contributed by atoms with Crippen molar-refractivity contribution in [3.63, 3.8) is 0 Å². The maximum atomic E-state index is 13.6. The van der Waals surface area contributed by atoms with Crippen molar-refractivity contribution >= 4 is 29.2 Å². The second-order valence-corrected chi connectivity index (χ2v) is 11.5. The van der Waals surface area contributed by atoms with Gasteiger partial charge in [0.15, 0.2) is 0 Å². The van der Waals surface area contributed by atoms with Gasteiger partial charge in [-0.3, -0.25) is 14.2 Å². The van der Waals surface area contributed by atoms with E-state index in [-0.39, 0.29) is 40.7 Å². The van der Waals surface area contributed by atoms with Gasteiger partial charge < -0.3 is 24.6 Å². The van der Waals surface area contributed by atoms with Crippen molar-refractivity contribution in [2.75, 3.05) is 19.0 Å². The van der Waals surface area contributed by atoms with Crippen LogP contribution in [0.5, 0.6) is 11.5 Å². The zero-order valence-electron chi connectivity index (χ0n) is 25.1. The number of hydrogen-bond donors (Lipinski definition) is 2. The molecule has 44 heavy (non-hydrogen) atoms. The molecule has 9 nitrogen and oxygen atoms in total. The summed E-state index contributed by atoms with van der Waals surface area (Å²) in [6.07, 6.45) is 4.30. The predicted octanol–water partition coefficient (Wildman–Crippen LogP) is 6.86. The Morgan fingerprint density at radius 3 is 2.25 bits per heavy atom. The van der Waals surface area contributed by atoms with Crippen LogP contribution in [0.3, 0.4) is 0 Å². The molecule has 2 N–H and O–H groups in total. The SMILES string of the molecule is COc1cn(C(CCCCCCO)C(=O)Nc2ccc(C(=O)OC(C)(C)C)cc2)c(=O)cc1-c1cc(Cl)ccc1OC(F)F. The van der Waals surface area contributed by atoms with E-state index in [1.54, 1.807) is 32.9 Å². The number of carbonyl (C=O) groups excluding carboxylic acids is 2. The van der Waals surface area contributed by atoms with Crippen molar-refractivity contribution in [3.05, 3.63) is 75.7 Å². The largest absolute Gasteiger partial charge is 0.495 e. The Labute approximate surface area is 259 Å². The second kappa shape index (κ2) is 15.7. The Morgan fingerprint density at radius 1 is 0.977 bits per heavy atom. The van der Waals surface area contributed by atoms with Crippen LogP contribution >= 0.6 is 11.6 Å². The molecule has 12 heteroatoms. The van der Waals surface area contributed by atoms with Crippen molar-refractivity contribution in [3.8, 4) is 22.6 Å². The Kier molecular flexibility index (Phi) is 12.3. The number of aliphatic hydroxyl groups is 1. The molecule has 1 heterocycles. The molecule has 3 rings (SSSR count). The van der Waals surface area contributed by atoms with Crippen LogP contribution < -0.4 is 20.3 Å². The molecule has 0 saturated carbocycles. The van der Waals surface area contributed by atoms with Gasteiger partial charge in [-0.05, 0) is 76.1 Å². The van der Waals surface area contributed by atoms with Gasteiger partial charge in [0, 0.05) is 34.5 Å². The van der Waals surface area contributed by atoms with Crippen molar-refractivity contribution < 1.29 is 37.7 Å². The monoisotopic (exact) mass is 634 g/mol. The molecule has 0 saturated heterocycles. The Morgan fingerprint density at radius 2 is 1.64 bits per heavy atom. The number of aliphatic hydroxyl groups excluding tert-OH is 1. The molecule has 1 unspecified atom stereocenters. The number of unbranched alkanes of at least 4 members (excludes halogenated alkanes) is 3. The number of ether oxygens (including phenoxy) is 3. The number of esters is 1. The van der Waals surface area contributed by atoms with E-state index in [1.165, 1.54) is 54.3 Å². The first kappa shape index (κ1) is 34.5. The highest BCUT2D eigenvalue weighted by molar-refractivity contribution is 6.31. The first-order chi connectivity index (χ1) is 20.8. The number of benzene rings is 2. The summed E-state index contributed by atoms with van der Waals surface area (Å²) >= 11 is 6.13. The van der Waals surface area contributed by atoms with Crippen molar-refractivity contribution in [1.29, 1.82) is 0 Å². The number of alkyl halides is 2. The number of hydrogen-bond acceptors (Lipinski definition) is 7. The fourth-order valence-corrected chi connectivity index (χ4v) is 4.68. The third-order valence-electron chi connectivity index (χ3n) is 6.52. The Hall–Kier alpha value is -3.96. The lowest BCUT2D eigenvalue weighted by Gasteiger charge is -2.22. The fourth-order valence-electron chi connectivity index (χ4n) is 4.51. The summed E-state index contributed by atoms with van der Waals surface area (Å²) in [5, 5.41) is 12.1. The first-order valence-electron chi connectivity index (χ1n) is 14.1. The summed E-state index contributed by atoms with van der Waals surface area (Å²) < 4.78 is 43.0. The van der Waals surface area contributed by atoms with Gasteiger partial charge in [-0.25, -0.2) is 4.79 Å². The van der Waals surface area contributed by atoms with Crippen molar-refractivity contribution in [1.82, 2.24) is 4.57 Å². The van der Waals surface area contributed by atoms with E-state index in [2.05, 4.69) is 10.1 Å². The molecule has 2 aromatic carbocycles. The predicted molar refractivity (Wildman–Crippen MR) is 164 cm³/mol. The van der Waals surface area contributed by atoms with Crippen LogP contribution in [0.4, 0.5) is 14.5 Å². The minimum absolute atomic E-state index is 0.0576. The summed E-state index contributed by atoms with van der Waals surface area (Å²) in [4.78, 5) is 39.5. The van der Waals surface area contributed by atoms with E-state index < -0.39 is 35.7 Å².